The van der Waals surface area contributed by atoms with Crippen LogP contribution in [0.4, 0.5) is 0 Å². The number of hydrogen-bond acceptors (Lipinski definition) is 1. The SMILES string of the molecule is CNCCC1C=CC=C1C. The van der Waals surface area contributed by atoms with Gasteiger partial charge >= 0.3 is 0 Å². The predicted octanol–water partition coefficient (Wildman–Crippen LogP) is 1.73. The average Bonchev–Trinajstić information content (AvgIpc) is 2.31. The minimum absolute atomic E-state index is 0.701. The molecule has 1 nitrogen and oxygen atoms in total. The molecule has 1 N–H and O–H groups in total. The molecule has 0 heterocycles. The zero-order valence-electron chi connectivity index (χ0n) is 6.72. The molecule has 0 saturated heterocycles. The highest BCUT2D eigenvalue weighted by Gasteiger charge is 2.08. The summed E-state index contributed by atoms with van der Waals surface area (Å²) >= 11 is 0. The molecular weight excluding hydrogens is 122 g/mol. The summed E-state index contributed by atoms with van der Waals surface area (Å²) in [5.41, 5.74) is 1.50. The third kappa shape index (κ3) is 1.71. The Morgan fingerprint density at radius 3 is 2.90 bits per heavy atom. The molecule has 1 unspecified atom stereocenters. The minimum atomic E-state index is 0.701. The maximum Gasteiger partial charge on any atom is -0.000775 e. The van der Waals surface area contributed by atoms with E-state index in [4.69, 9.17) is 0 Å². The van der Waals surface area contributed by atoms with Crippen LogP contribution in [0.25, 0.3) is 0 Å². The molecular formula is C9H15N. The van der Waals surface area contributed by atoms with Gasteiger partial charge in [0.1, 0.15) is 0 Å². The van der Waals surface area contributed by atoms with Crippen LogP contribution in [0.5, 0.6) is 0 Å². The second kappa shape index (κ2) is 3.57. The smallest absolute Gasteiger partial charge is 0.000775 e. The van der Waals surface area contributed by atoms with E-state index >= 15 is 0 Å². The second-order valence-corrected chi connectivity index (χ2v) is 2.79. The Kier molecular flexibility index (Phi) is 2.69. The number of nitrogens with one attached hydrogen (secondary N) is 1. The Morgan fingerprint density at radius 2 is 2.40 bits per heavy atom. The zero-order valence-corrected chi connectivity index (χ0v) is 6.72. The van der Waals surface area contributed by atoms with Crippen LogP contribution in [0.2, 0.25) is 0 Å². The van der Waals surface area contributed by atoms with E-state index in [0.717, 1.165) is 6.54 Å². The molecule has 1 atom stereocenters. The van der Waals surface area contributed by atoms with Crippen molar-refractivity contribution in [3.05, 3.63) is 23.8 Å². The van der Waals surface area contributed by atoms with E-state index in [1.165, 1.54) is 12.0 Å². The van der Waals surface area contributed by atoms with Crippen LogP contribution in [-0.4, -0.2) is 13.6 Å². The monoisotopic (exact) mass is 137 g/mol. The first-order valence-corrected chi connectivity index (χ1v) is 3.84. The Hall–Kier alpha value is -0.560. The van der Waals surface area contributed by atoms with Gasteiger partial charge in [0.15, 0.2) is 0 Å². The van der Waals surface area contributed by atoms with Gasteiger partial charge in [-0.25, -0.2) is 0 Å². The highest BCUT2D eigenvalue weighted by atomic mass is 14.8. The van der Waals surface area contributed by atoms with E-state index in [2.05, 4.69) is 30.5 Å². The van der Waals surface area contributed by atoms with Crippen LogP contribution in [0, 0.1) is 5.92 Å². The fourth-order valence-corrected chi connectivity index (χ4v) is 1.24. The third-order valence-corrected chi connectivity index (χ3v) is 1.99. The molecule has 1 aliphatic rings. The summed E-state index contributed by atoms with van der Waals surface area (Å²) in [7, 11) is 2.00. The third-order valence-electron chi connectivity index (χ3n) is 1.99. The van der Waals surface area contributed by atoms with Crippen LogP contribution in [0.1, 0.15) is 13.3 Å². The van der Waals surface area contributed by atoms with Crippen molar-refractivity contribution in [2.75, 3.05) is 13.6 Å². The molecule has 10 heavy (non-hydrogen) atoms. The normalized spacial score (nSPS) is 23.4. The number of rotatable bonds is 3. The van der Waals surface area contributed by atoms with Gasteiger partial charge in [-0.1, -0.05) is 23.8 Å². The molecule has 0 radical (unpaired) electrons. The minimum Gasteiger partial charge on any atom is -0.320 e. The van der Waals surface area contributed by atoms with Crippen molar-refractivity contribution < 1.29 is 0 Å². The lowest BCUT2D eigenvalue weighted by Crippen LogP contribution is -2.11. The summed E-state index contributed by atoms with van der Waals surface area (Å²) in [5.74, 6) is 0.701. The second-order valence-electron chi connectivity index (χ2n) is 2.79. The predicted molar refractivity (Wildman–Crippen MR) is 44.9 cm³/mol. The van der Waals surface area contributed by atoms with Crippen LogP contribution in [-0.2, 0) is 0 Å². The van der Waals surface area contributed by atoms with Gasteiger partial charge in [-0.3, -0.25) is 0 Å². The fraction of sp³-hybridized carbons (Fsp3) is 0.556. The van der Waals surface area contributed by atoms with Gasteiger partial charge in [-0.2, -0.15) is 0 Å². The van der Waals surface area contributed by atoms with Crippen molar-refractivity contribution in [3.8, 4) is 0 Å². The van der Waals surface area contributed by atoms with Gasteiger partial charge < -0.3 is 5.32 Å². The van der Waals surface area contributed by atoms with Crippen LogP contribution in [0.15, 0.2) is 23.8 Å². The van der Waals surface area contributed by atoms with Crippen LogP contribution in [0.3, 0.4) is 0 Å². The van der Waals surface area contributed by atoms with Crippen molar-refractivity contribution in [3.63, 3.8) is 0 Å². The molecule has 1 aliphatic carbocycles. The van der Waals surface area contributed by atoms with E-state index in [1.54, 1.807) is 0 Å². The molecule has 0 aliphatic heterocycles. The van der Waals surface area contributed by atoms with Gasteiger partial charge in [0.05, 0.1) is 0 Å². The maximum atomic E-state index is 3.15. The first-order chi connectivity index (χ1) is 4.84. The first kappa shape index (κ1) is 7.55. The summed E-state index contributed by atoms with van der Waals surface area (Å²) in [4.78, 5) is 0. The molecule has 0 aromatic heterocycles. The summed E-state index contributed by atoms with van der Waals surface area (Å²) in [6.07, 6.45) is 7.85. The Labute approximate surface area is 62.8 Å². The fourth-order valence-electron chi connectivity index (χ4n) is 1.24. The topological polar surface area (TPSA) is 12.0 Å². The quantitative estimate of drug-likeness (QED) is 0.624. The molecule has 0 saturated carbocycles. The van der Waals surface area contributed by atoms with Crippen molar-refractivity contribution in [1.29, 1.82) is 0 Å². The van der Waals surface area contributed by atoms with Crippen LogP contribution < -0.4 is 5.32 Å². The van der Waals surface area contributed by atoms with E-state index in [9.17, 15) is 0 Å². The van der Waals surface area contributed by atoms with Gasteiger partial charge in [-0.05, 0) is 32.9 Å². The molecule has 0 aromatic carbocycles. The lowest BCUT2D eigenvalue weighted by atomic mass is 10.0. The molecule has 0 fully saturated rings. The Morgan fingerprint density at radius 1 is 1.60 bits per heavy atom. The summed E-state index contributed by atoms with van der Waals surface area (Å²) in [6.45, 7) is 3.31. The average molecular weight is 137 g/mol. The standard InChI is InChI=1S/C9H15N/c1-8-4-3-5-9(8)6-7-10-2/h3-5,9-10H,6-7H2,1-2H3. The maximum absolute atomic E-state index is 3.15. The molecule has 0 spiro atoms. The number of hydrogen-bond donors (Lipinski definition) is 1. The molecule has 56 valence electrons. The van der Waals surface area contributed by atoms with E-state index in [0.29, 0.717) is 5.92 Å². The Balaban J connectivity index is 2.29. The summed E-state index contributed by atoms with van der Waals surface area (Å²) < 4.78 is 0. The highest BCUT2D eigenvalue weighted by molar-refractivity contribution is 5.25. The number of allylic oxidation sites excluding steroid dienone is 4. The van der Waals surface area contributed by atoms with Crippen molar-refractivity contribution in [2.24, 2.45) is 5.92 Å². The largest absolute Gasteiger partial charge is 0.320 e. The van der Waals surface area contributed by atoms with Crippen molar-refractivity contribution in [1.82, 2.24) is 5.32 Å². The lowest BCUT2D eigenvalue weighted by Gasteiger charge is -2.08. The summed E-state index contributed by atoms with van der Waals surface area (Å²) in [5, 5.41) is 3.15. The van der Waals surface area contributed by atoms with Crippen LogP contribution >= 0.6 is 0 Å². The zero-order chi connectivity index (χ0) is 7.40. The lowest BCUT2D eigenvalue weighted by molar-refractivity contribution is 0.636. The van der Waals surface area contributed by atoms with E-state index < -0.39 is 0 Å². The molecule has 0 amide bonds. The molecule has 1 rings (SSSR count). The van der Waals surface area contributed by atoms with Crippen molar-refractivity contribution in [2.45, 2.75) is 13.3 Å². The van der Waals surface area contributed by atoms with Gasteiger partial charge in [0.25, 0.3) is 0 Å². The van der Waals surface area contributed by atoms with E-state index in [1.807, 2.05) is 7.05 Å². The first-order valence-electron chi connectivity index (χ1n) is 3.84. The Bertz CT molecular complexity index is 156. The summed E-state index contributed by atoms with van der Waals surface area (Å²) in [6, 6.07) is 0. The van der Waals surface area contributed by atoms with Gasteiger partial charge in [0.2, 0.25) is 0 Å². The van der Waals surface area contributed by atoms with Gasteiger partial charge in [-0.15, -0.1) is 0 Å². The van der Waals surface area contributed by atoms with E-state index in [-0.39, 0.29) is 0 Å². The molecule has 1 heteroatoms. The molecule has 0 aromatic rings. The van der Waals surface area contributed by atoms with Gasteiger partial charge in [0, 0.05) is 0 Å². The van der Waals surface area contributed by atoms with Crippen molar-refractivity contribution >= 4 is 0 Å². The molecule has 0 bridgehead atoms. The highest BCUT2D eigenvalue weighted by Crippen LogP contribution is 2.20.